The molecule has 0 aliphatic carbocycles. The predicted octanol–water partition coefficient (Wildman–Crippen LogP) is 3.02. The summed E-state index contributed by atoms with van der Waals surface area (Å²) in [6, 6.07) is 12.9. The molecule has 1 aliphatic heterocycles. The molecule has 0 spiro atoms. The molecule has 2 aromatic carbocycles. The van der Waals surface area contributed by atoms with Gasteiger partial charge >= 0.3 is 0 Å². The highest BCUT2D eigenvalue weighted by Gasteiger charge is 2.28. The maximum Gasteiger partial charge on any atom is 0.243 e. The summed E-state index contributed by atoms with van der Waals surface area (Å²) in [6.07, 6.45) is 0. The normalized spacial score (nSPS) is 16.1. The highest BCUT2D eigenvalue weighted by atomic mass is 32.2. The minimum Gasteiger partial charge on any atom is -0.282 e. The Morgan fingerprint density at radius 3 is 2.30 bits per heavy atom. The minimum atomic E-state index is -3.63. The molecule has 10 heteroatoms. The molecule has 1 saturated heterocycles. The van der Waals surface area contributed by atoms with Crippen LogP contribution in [0.5, 0.6) is 0 Å². The van der Waals surface area contributed by atoms with Crippen molar-refractivity contribution in [3.8, 4) is 11.4 Å². The van der Waals surface area contributed by atoms with Crippen molar-refractivity contribution in [2.45, 2.75) is 18.5 Å². The van der Waals surface area contributed by atoms with Gasteiger partial charge in [0.2, 0.25) is 14.8 Å². The van der Waals surface area contributed by atoms with Crippen molar-refractivity contribution in [2.24, 2.45) is 0 Å². The molecule has 2 heterocycles. The van der Waals surface area contributed by atoms with Crippen molar-refractivity contribution >= 4 is 22.2 Å². The Hall–Kier alpha value is -2.40. The summed E-state index contributed by atoms with van der Waals surface area (Å²) in [5, 5.41) is 3.23. The fraction of sp³-hybridized carbons (Fsp3) is 0.300. The lowest BCUT2D eigenvalue weighted by Crippen LogP contribution is -2.48. The van der Waals surface area contributed by atoms with E-state index in [-0.39, 0.29) is 4.90 Å². The van der Waals surface area contributed by atoms with Gasteiger partial charge in [0.25, 0.3) is 0 Å². The van der Waals surface area contributed by atoms with E-state index in [9.17, 15) is 12.8 Å². The fourth-order valence-electron chi connectivity index (χ4n) is 3.36. The van der Waals surface area contributed by atoms with Gasteiger partial charge in [-0.3, -0.25) is 10.00 Å². The molecule has 0 atom stereocenters. The van der Waals surface area contributed by atoms with Crippen LogP contribution in [0.15, 0.2) is 53.4 Å². The number of aromatic amines is 1. The van der Waals surface area contributed by atoms with Gasteiger partial charge < -0.3 is 0 Å². The zero-order valence-corrected chi connectivity index (χ0v) is 18.1. The average Bonchev–Trinajstić information content (AvgIpc) is 3.09. The number of sulfonamides is 1. The SMILES string of the molecule is Cc1ccc(-c2nc(=S)n(CN3CCN(S(=O)(=O)c4ccc(F)cc4)CC3)[nH]2)cc1. The van der Waals surface area contributed by atoms with Crippen molar-refractivity contribution < 1.29 is 12.8 Å². The van der Waals surface area contributed by atoms with E-state index in [0.29, 0.717) is 43.4 Å². The number of aromatic nitrogens is 3. The van der Waals surface area contributed by atoms with Gasteiger partial charge in [0.15, 0.2) is 5.82 Å². The van der Waals surface area contributed by atoms with Gasteiger partial charge in [-0.05, 0) is 43.4 Å². The Morgan fingerprint density at radius 1 is 1.03 bits per heavy atom. The number of aryl methyl sites for hydroxylation is 1. The van der Waals surface area contributed by atoms with Crippen LogP contribution in [0.4, 0.5) is 4.39 Å². The van der Waals surface area contributed by atoms with Crippen molar-refractivity contribution in [2.75, 3.05) is 26.2 Å². The van der Waals surface area contributed by atoms with Gasteiger partial charge in [0, 0.05) is 31.7 Å². The monoisotopic (exact) mass is 447 g/mol. The van der Waals surface area contributed by atoms with Crippen LogP contribution in [0.25, 0.3) is 11.4 Å². The van der Waals surface area contributed by atoms with Crippen LogP contribution in [-0.2, 0) is 16.7 Å². The second-order valence-corrected chi connectivity index (χ2v) is 9.57. The number of hydrogen-bond acceptors (Lipinski definition) is 5. The van der Waals surface area contributed by atoms with Crippen molar-refractivity contribution in [3.63, 3.8) is 0 Å². The molecule has 1 N–H and O–H groups in total. The Kier molecular flexibility index (Phi) is 5.83. The largest absolute Gasteiger partial charge is 0.282 e. The molecule has 0 unspecified atom stereocenters. The predicted molar refractivity (Wildman–Crippen MR) is 114 cm³/mol. The molecular weight excluding hydrogens is 425 g/mol. The zero-order valence-electron chi connectivity index (χ0n) is 16.5. The summed E-state index contributed by atoms with van der Waals surface area (Å²) < 4.78 is 42.3. The number of H-pyrrole nitrogens is 1. The smallest absolute Gasteiger partial charge is 0.243 e. The van der Waals surface area contributed by atoms with Crippen LogP contribution < -0.4 is 0 Å². The molecule has 158 valence electrons. The number of nitrogens with zero attached hydrogens (tertiary/aromatic N) is 4. The standard InChI is InChI=1S/C20H22FN5O2S2/c1-15-2-4-16(5-3-15)19-22-20(29)26(23-19)14-24-10-12-25(13-11-24)30(27,28)18-8-6-17(21)7-9-18/h2-9H,10-14H2,1H3,(H,22,23,29). The topological polar surface area (TPSA) is 74.2 Å². The van der Waals surface area contributed by atoms with Crippen LogP contribution in [0.3, 0.4) is 0 Å². The van der Waals surface area contributed by atoms with E-state index in [1.807, 2.05) is 31.2 Å². The number of hydrogen-bond donors (Lipinski definition) is 1. The van der Waals surface area contributed by atoms with E-state index >= 15 is 0 Å². The van der Waals surface area contributed by atoms with E-state index in [0.717, 1.165) is 17.7 Å². The summed E-state index contributed by atoms with van der Waals surface area (Å²) >= 11 is 5.38. The third-order valence-electron chi connectivity index (χ3n) is 5.13. The van der Waals surface area contributed by atoms with Crippen LogP contribution in [0.2, 0.25) is 0 Å². The third kappa shape index (κ3) is 4.36. The highest BCUT2D eigenvalue weighted by molar-refractivity contribution is 7.89. The molecular formula is C20H22FN5O2S2. The summed E-state index contributed by atoms with van der Waals surface area (Å²) in [4.78, 5) is 6.66. The Labute approximate surface area is 179 Å². The van der Waals surface area contributed by atoms with E-state index in [4.69, 9.17) is 12.2 Å². The van der Waals surface area contributed by atoms with Crippen molar-refractivity contribution in [1.82, 2.24) is 24.0 Å². The van der Waals surface area contributed by atoms with Gasteiger partial charge in [0.05, 0.1) is 11.6 Å². The van der Waals surface area contributed by atoms with Crippen LogP contribution in [0, 0.1) is 17.5 Å². The number of piperazine rings is 1. The van der Waals surface area contributed by atoms with Crippen LogP contribution in [0.1, 0.15) is 5.56 Å². The van der Waals surface area contributed by atoms with Crippen LogP contribution in [-0.4, -0.2) is 58.6 Å². The fourth-order valence-corrected chi connectivity index (χ4v) is 4.98. The molecule has 1 aliphatic rings. The molecule has 0 amide bonds. The van der Waals surface area contributed by atoms with Crippen LogP contribution >= 0.6 is 12.2 Å². The molecule has 0 radical (unpaired) electrons. The minimum absolute atomic E-state index is 0.107. The van der Waals surface area contributed by atoms with Gasteiger partial charge in [-0.2, -0.15) is 9.29 Å². The first-order chi connectivity index (χ1) is 14.3. The molecule has 0 bridgehead atoms. The lowest BCUT2D eigenvalue weighted by atomic mass is 10.1. The maximum absolute atomic E-state index is 13.1. The van der Waals surface area contributed by atoms with E-state index < -0.39 is 15.8 Å². The van der Waals surface area contributed by atoms with Crippen molar-refractivity contribution in [3.05, 3.63) is 64.7 Å². The average molecular weight is 448 g/mol. The van der Waals surface area contributed by atoms with Crippen molar-refractivity contribution in [1.29, 1.82) is 0 Å². The van der Waals surface area contributed by atoms with Gasteiger partial charge in [-0.25, -0.2) is 17.5 Å². The zero-order chi connectivity index (χ0) is 21.3. The van der Waals surface area contributed by atoms with E-state index in [1.165, 1.54) is 22.0 Å². The summed E-state index contributed by atoms with van der Waals surface area (Å²) in [5.74, 6) is 0.248. The van der Waals surface area contributed by atoms with E-state index in [1.54, 1.807) is 4.68 Å². The first-order valence-corrected chi connectivity index (χ1v) is 11.4. The molecule has 3 aromatic rings. The molecule has 1 aromatic heterocycles. The summed E-state index contributed by atoms with van der Waals surface area (Å²) in [7, 11) is -3.63. The van der Waals surface area contributed by atoms with Gasteiger partial charge in [0.1, 0.15) is 5.82 Å². The molecule has 30 heavy (non-hydrogen) atoms. The number of halogens is 1. The lowest BCUT2D eigenvalue weighted by Gasteiger charge is -2.33. The number of nitrogens with one attached hydrogen (secondary N) is 1. The Balaban J connectivity index is 1.41. The quantitative estimate of drug-likeness (QED) is 0.609. The first-order valence-electron chi connectivity index (χ1n) is 9.55. The molecule has 4 rings (SSSR count). The van der Waals surface area contributed by atoms with E-state index in [2.05, 4.69) is 15.0 Å². The molecule has 1 fully saturated rings. The lowest BCUT2D eigenvalue weighted by molar-refractivity contribution is 0.145. The number of rotatable bonds is 5. The van der Waals surface area contributed by atoms with Gasteiger partial charge in [-0.1, -0.05) is 29.8 Å². The maximum atomic E-state index is 13.1. The Bertz CT molecular complexity index is 1180. The molecule has 7 nitrogen and oxygen atoms in total. The highest BCUT2D eigenvalue weighted by Crippen LogP contribution is 2.19. The van der Waals surface area contributed by atoms with Gasteiger partial charge in [-0.15, -0.1) is 0 Å². The molecule has 0 saturated carbocycles. The first kappa shape index (κ1) is 20.9. The second kappa shape index (κ2) is 8.38. The number of benzene rings is 2. The third-order valence-corrected chi connectivity index (χ3v) is 7.35. The Morgan fingerprint density at radius 2 is 1.67 bits per heavy atom. The summed E-state index contributed by atoms with van der Waals surface area (Å²) in [6.45, 7) is 4.35. The summed E-state index contributed by atoms with van der Waals surface area (Å²) in [5.41, 5.74) is 2.13. The second-order valence-electron chi connectivity index (χ2n) is 7.27.